The fraction of sp³-hybridized carbons (Fsp3) is 0.462. The number of halogens is 4. The Balaban J connectivity index is 1.81. The van der Waals surface area contributed by atoms with Gasteiger partial charge in [0.05, 0.1) is 17.3 Å². The van der Waals surface area contributed by atoms with Crippen LogP contribution in [0.15, 0.2) is 24.3 Å². The Labute approximate surface area is 125 Å². The molecule has 4 nitrogen and oxygen atoms in total. The van der Waals surface area contributed by atoms with Gasteiger partial charge in [0.2, 0.25) is 0 Å². The van der Waals surface area contributed by atoms with Gasteiger partial charge >= 0.3 is 12.2 Å². The van der Waals surface area contributed by atoms with Gasteiger partial charge in [-0.25, -0.2) is 4.79 Å². The van der Waals surface area contributed by atoms with Crippen molar-refractivity contribution in [1.29, 1.82) is 0 Å². The number of para-hydroxylation sites is 1. The maximum Gasteiger partial charge on any atom is 0.401 e. The fourth-order valence-electron chi connectivity index (χ4n) is 2.25. The molecule has 0 aliphatic carbocycles. The van der Waals surface area contributed by atoms with Gasteiger partial charge in [-0.2, -0.15) is 13.2 Å². The molecule has 1 aromatic carbocycles. The molecule has 0 spiro atoms. The monoisotopic (exact) mass is 321 g/mol. The molecule has 0 unspecified atom stereocenters. The van der Waals surface area contributed by atoms with E-state index in [1.807, 2.05) is 0 Å². The molecule has 2 N–H and O–H groups in total. The average molecular weight is 322 g/mol. The lowest BCUT2D eigenvalue weighted by molar-refractivity contribution is -0.143. The van der Waals surface area contributed by atoms with E-state index in [4.69, 9.17) is 11.6 Å². The van der Waals surface area contributed by atoms with E-state index in [1.54, 1.807) is 24.3 Å². The predicted molar refractivity (Wildman–Crippen MR) is 74.5 cm³/mol. The van der Waals surface area contributed by atoms with Gasteiger partial charge in [0.25, 0.3) is 0 Å². The molecule has 1 fully saturated rings. The van der Waals surface area contributed by atoms with Crippen LogP contribution in [0.1, 0.15) is 6.42 Å². The first-order valence-corrected chi connectivity index (χ1v) is 6.82. The highest BCUT2D eigenvalue weighted by atomic mass is 35.5. The van der Waals surface area contributed by atoms with Crippen molar-refractivity contribution in [3.05, 3.63) is 29.3 Å². The number of hydrogen-bond acceptors (Lipinski definition) is 2. The van der Waals surface area contributed by atoms with E-state index in [2.05, 4.69) is 10.6 Å². The predicted octanol–water partition coefficient (Wildman–Crippen LogP) is 3.10. The molecule has 1 atom stereocenters. The molecule has 8 heteroatoms. The Morgan fingerprint density at radius 1 is 1.38 bits per heavy atom. The third kappa shape index (κ3) is 5.09. The molecule has 116 valence electrons. The van der Waals surface area contributed by atoms with Gasteiger partial charge in [-0.15, -0.1) is 0 Å². The summed E-state index contributed by atoms with van der Waals surface area (Å²) >= 11 is 5.91. The molecule has 0 aromatic heterocycles. The number of nitrogens with one attached hydrogen (secondary N) is 2. The molecule has 2 amide bonds. The molecule has 0 radical (unpaired) electrons. The van der Waals surface area contributed by atoms with Gasteiger partial charge in [-0.1, -0.05) is 23.7 Å². The summed E-state index contributed by atoms with van der Waals surface area (Å²) in [5.41, 5.74) is 0.460. The number of rotatable bonds is 3. The summed E-state index contributed by atoms with van der Waals surface area (Å²) in [5.74, 6) is 0. The van der Waals surface area contributed by atoms with Gasteiger partial charge < -0.3 is 10.6 Å². The van der Waals surface area contributed by atoms with E-state index in [0.717, 1.165) is 0 Å². The zero-order valence-corrected chi connectivity index (χ0v) is 11.8. The average Bonchev–Trinajstić information content (AvgIpc) is 2.77. The summed E-state index contributed by atoms with van der Waals surface area (Å²) in [6.07, 6.45) is -3.72. The first-order valence-electron chi connectivity index (χ1n) is 6.44. The van der Waals surface area contributed by atoms with Crippen LogP contribution < -0.4 is 10.6 Å². The minimum Gasteiger partial charge on any atom is -0.334 e. The standard InChI is InChI=1S/C13H15ClF3N3O/c14-10-3-1-2-4-11(10)19-12(21)18-9-5-6-20(7-9)8-13(15,16)17/h1-4,9H,5-8H2,(H2,18,19,21)/t9-/m0/s1. The quantitative estimate of drug-likeness (QED) is 0.898. The van der Waals surface area contributed by atoms with Gasteiger partial charge in [-0.05, 0) is 18.6 Å². The molecule has 2 rings (SSSR count). The van der Waals surface area contributed by atoms with E-state index in [-0.39, 0.29) is 12.6 Å². The summed E-state index contributed by atoms with van der Waals surface area (Å²) in [4.78, 5) is 13.1. The highest BCUT2D eigenvalue weighted by Crippen LogP contribution is 2.21. The van der Waals surface area contributed by atoms with E-state index < -0.39 is 18.8 Å². The van der Waals surface area contributed by atoms with Gasteiger partial charge in [0.15, 0.2) is 0 Å². The third-order valence-electron chi connectivity index (χ3n) is 3.13. The lowest BCUT2D eigenvalue weighted by Gasteiger charge is -2.18. The van der Waals surface area contributed by atoms with E-state index >= 15 is 0 Å². The highest BCUT2D eigenvalue weighted by Gasteiger charge is 2.34. The Morgan fingerprint density at radius 2 is 2.10 bits per heavy atom. The highest BCUT2D eigenvalue weighted by molar-refractivity contribution is 6.33. The number of benzene rings is 1. The van der Waals surface area contributed by atoms with Crippen molar-refractivity contribution in [1.82, 2.24) is 10.2 Å². The number of likely N-dealkylation sites (tertiary alicyclic amines) is 1. The summed E-state index contributed by atoms with van der Waals surface area (Å²) in [5, 5.41) is 5.63. The van der Waals surface area contributed by atoms with Gasteiger partial charge in [0.1, 0.15) is 0 Å². The summed E-state index contributed by atoms with van der Waals surface area (Å²) in [7, 11) is 0. The minimum absolute atomic E-state index is 0.190. The van der Waals surface area contributed by atoms with Crippen LogP contribution in [0.2, 0.25) is 5.02 Å². The minimum atomic E-state index is -4.21. The number of nitrogens with zero attached hydrogens (tertiary/aromatic N) is 1. The molecule has 0 bridgehead atoms. The molecular weight excluding hydrogens is 307 g/mol. The second kappa shape index (κ2) is 6.53. The largest absolute Gasteiger partial charge is 0.401 e. The summed E-state index contributed by atoms with van der Waals surface area (Å²) < 4.78 is 36.8. The number of carbonyl (C=O) groups is 1. The summed E-state index contributed by atoms with van der Waals surface area (Å²) in [6, 6.07) is 5.97. The maximum absolute atomic E-state index is 12.3. The van der Waals surface area contributed by atoms with Crippen molar-refractivity contribution in [3.63, 3.8) is 0 Å². The molecule has 1 aliphatic rings. The van der Waals surface area contributed by atoms with Crippen molar-refractivity contribution >= 4 is 23.3 Å². The maximum atomic E-state index is 12.3. The van der Waals surface area contributed by atoms with Crippen LogP contribution in [0.25, 0.3) is 0 Å². The number of amides is 2. The second-order valence-corrected chi connectivity index (χ2v) is 5.32. The molecule has 1 heterocycles. The second-order valence-electron chi connectivity index (χ2n) is 4.91. The van der Waals surface area contributed by atoms with Crippen molar-refractivity contribution in [2.45, 2.75) is 18.6 Å². The number of carbonyl (C=O) groups excluding carboxylic acids is 1. The zero-order chi connectivity index (χ0) is 15.5. The SMILES string of the molecule is O=C(Nc1ccccc1Cl)N[C@H]1CCN(CC(F)(F)F)C1. The molecular formula is C13H15ClF3N3O. The lowest BCUT2D eigenvalue weighted by atomic mass is 10.3. The molecule has 1 aliphatic heterocycles. The molecule has 0 saturated carbocycles. The smallest absolute Gasteiger partial charge is 0.334 e. The summed E-state index contributed by atoms with van der Waals surface area (Å²) in [6.45, 7) is -0.441. The Kier molecular flexibility index (Phi) is 4.95. The molecule has 1 aromatic rings. The molecule has 1 saturated heterocycles. The normalized spacial score (nSPS) is 19.5. The van der Waals surface area contributed by atoms with Crippen LogP contribution in [0.4, 0.5) is 23.7 Å². The van der Waals surface area contributed by atoms with Crippen molar-refractivity contribution in [2.75, 3.05) is 25.0 Å². The first kappa shape index (κ1) is 15.9. The Hall–Kier alpha value is -1.47. The number of hydrogen-bond donors (Lipinski definition) is 2. The number of anilines is 1. The van der Waals surface area contributed by atoms with E-state index in [0.29, 0.717) is 23.7 Å². The number of alkyl halides is 3. The van der Waals surface area contributed by atoms with Crippen LogP contribution in [0.3, 0.4) is 0 Å². The van der Waals surface area contributed by atoms with Crippen LogP contribution in [0.5, 0.6) is 0 Å². The van der Waals surface area contributed by atoms with Crippen LogP contribution in [-0.4, -0.2) is 42.8 Å². The van der Waals surface area contributed by atoms with Crippen molar-refractivity contribution < 1.29 is 18.0 Å². The van der Waals surface area contributed by atoms with Crippen LogP contribution in [0, 0.1) is 0 Å². The Morgan fingerprint density at radius 3 is 2.76 bits per heavy atom. The van der Waals surface area contributed by atoms with E-state index in [1.165, 1.54) is 4.90 Å². The topological polar surface area (TPSA) is 44.4 Å². The fourth-order valence-corrected chi connectivity index (χ4v) is 2.44. The molecule has 21 heavy (non-hydrogen) atoms. The van der Waals surface area contributed by atoms with Crippen molar-refractivity contribution in [3.8, 4) is 0 Å². The third-order valence-corrected chi connectivity index (χ3v) is 3.46. The Bertz CT molecular complexity index is 510. The zero-order valence-electron chi connectivity index (χ0n) is 11.1. The van der Waals surface area contributed by atoms with Crippen LogP contribution in [-0.2, 0) is 0 Å². The van der Waals surface area contributed by atoms with Gasteiger partial charge in [-0.3, -0.25) is 4.90 Å². The van der Waals surface area contributed by atoms with Crippen LogP contribution >= 0.6 is 11.6 Å². The van der Waals surface area contributed by atoms with E-state index in [9.17, 15) is 18.0 Å². The van der Waals surface area contributed by atoms with Crippen molar-refractivity contribution in [2.24, 2.45) is 0 Å². The van der Waals surface area contributed by atoms with Gasteiger partial charge in [0, 0.05) is 19.1 Å². The lowest BCUT2D eigenvalue weighted by Crippen LogP contribution is -2.41. The number of urea groups is 1. The first-order chi connectivity index (χ1) is 9.83.